The Morgan fingerprint density at radius 1 is 1.06 bits per heavy atom. The number of aromatic nitrogens is 3. The minimum atomic E-state index is -4.55. The summed E-state index contributed by atoms with van der Waals surface area (Å²) in [5, 5.41) is 2.48. The lowest BCUT2D eigenvalue weighted by atomic mass is 10.1. The van der Waals surface area contributed by atoms with Crippen LogP contribution in [0.15, 0.2) is 49.1 Å². The van der Waals surface area contributed by atoms with Crippen LogP contribution in [0.3, 0.4) is 0 Å². The second-order valence-electron chi connectivity index (χ2n) is 7.10. The first-order valence-corrected chi connectivity index (χ1v) is 9.32. The number of nitrogens with two attached hydrogens (primary N) is 1. The van der Waals surface area contributed by atoms with Crippen molar-refractivity contribution in [1.82, 2.24) is 19.9 Å². The highest BCUT2D eigenvalue weighted by Crippen LogP contribution is 2.34. The molecule has 3 aromatic rings. The molecule has 0 atom stereocenters. The molecule has 0 fully saturated rings. The Balaban J connectivity index is 1.80. The molecule has 10 heteroatoms. The van der Waals surface area contributed by atoms with Crippen molar-refractivity contribution >= 4 is 17.5 Å². The van der Waals surface area contributed by atoms with Crippen LogP contribution in [-0.4, -0.2) is 39.9 Å². The largest absolute Gasteiger partial charge is 0.416 e. The van der Waals surface area contributed by atoms with Gasteiger partial charge in [-0.2, -0.15) is 13.2 Å². The number of nitrogens with zero attached hydrogens (tertiary/aromatic N) is 4. The molecule has 0 aliphatic rings. The number of pyridine rings is 1. The Morgan fingerprint density at radius 3 is 2.41 bits per heavy atom. The van der Waals surface area contributed by atoms with E-state index in [2.05, 4.69) is 32.1 Å². The maximum absolute atomic E-state index is 13.5. The van der Waals surface area contributed by atoms with Gasteiger partial charge in [0.25, 0.3) is 5.91 Å². The highest BCUT2D eigenvalue weighted by molar-refractivity contribution is 6.04. The maximum atomic E-state index is 13.5. The maximum Gasteiger partial charge on any atom is 0.416 e. The first kappa shape index (κ1) is 22.7. The molecular formula is C22H19F3N6O. The standard InChI is InChI=1S/C22H19F3N6O/c1-31(2)13-16-5-6-18(8-19(16)22(23,24)25)30-20(32)17-7-14(9-27-12-17)3-4-15-10-28-21(26)29-11-15/h5-12H,13H2,1-2H3,(H,30,32)(H2,26,28,29). The molecule has 0 bridgehead atoms. The fraction of sp³-hybridized carbons (Fsp3) is 0.182. The van der Waals surface area contributed by atoms with Gasteiger partial charge in [0.2, 0.25) is 5.95 Å². The second kappa shape index (κ2) is 9.45. The molecular weight excluding hydrogens is 421 g/mol. The Kier molecular flexibility index (Phi) is 6.70. The molecule has 7 nitrogen and oxygen atoms in total. The van der Waals surface area contributed by atoms with E-state index in [1.54, 1.807) is 19.0 Å². The third-order valence-corrected chi connectivity index (χ3v) is 4.18. The van der Waals surface area contributed by atoms with Crippen molar-refractivity contribution in [2.75, 3.05) is 25.1 Å². The van der Waals surface area contributed by atoms with Gasteiger partial charge in [0.1, 0.15) is 0 Å². The van der Waals surface area contributed by atoms with E-state index in [1.807, 2.05) is 0 Å². The quantitative estimate of drug-likeness (QED) is 0.605. The van der Waals surface area contributed by atoms with Gasteiger partial charge >= 0.3 is 6.18 Å². The predicted molar refractivity (Wildman–Crippen MR) is 113 cm³/mol. The predicted octanol–water partition coefficient (Wildman–Crippen LogP) is 3.19. The summed E-state index contributed by atoms with van der Waals surface area (Å²) in [5.74, 6) is 5.16. The summed E-state index contributed by atoms with van der Waals surface area (Å²) >= 11 is 0. The number of nitrogen functional groups attached to an aromatic ring is 1. The van der Waals surface area contributed by atoms with Crippen LogP contribution >= 0.6 is 0 Å². The summed E-state index contributed by atoms with van der Waals surface area (Å²) in [6, 6.07) is 5.20. The zero-order valence-electron chi connectivity index (χ0n) is 17.2. The Bertz CT molecular complexity index is 1180. The summed E-state index contributed by atoms with van der Waals surface area (Å²) in [4.78, 5) is 25.9. The SMILES string of the molecule is CN(C)Cc1ccc(NC(=O)c2cncc(C#Cc3cnc(N)nc3)c2)cc1C(F)(F)F. The van der Waals surface area contributed by atoms with Crippen molar-refractivity contribution in [3.05, 3.63) is 76.9 Å². The molecule has 0 unspecified atom stereocenters. The molecule has 0 saturated heterocycles. The van der Waals surface area contributed by atoms with Gasteiger partial charge in [-0.05, 0) is 37.9 Å². The van der Waals surface area contributed by atoms with Crippen LogP contribution in [0, 0.1) is 11.8 Å². The third kappa shape index (κ3) is 6.02. The molecule has 0 spiro atoms. The molecule has 1 amide bonds. The lowest BCUT2D eigenvalue weighted by molar-refractivity contribution is -0.138. The van der Waals surface area contributed by atoms with Gasteiger partial charge in [-0.1, -0.05) is 17.9 Å². The van der Waals surface area contributed by atoms with E-state index in [4.69, 9.17) is 5.73 Å². The van der Waals surface area contributed by atoms with E-state index < -0.39 is 17.6 Å². The number of amides is 1. The number of halogens is 3. The van der Waals surface area contributed by atoms with Gasteiger partial charge in [-0.25, -0.2) is 9.97 Å². The zero-order valence-corrected chi connectivity index (χ0v) is 17.2. The van der Waals surface area contributed by atoms with Crippen molar-refractivity contribution in [2.45, 2.75) is 12.7 Å². The number of benzene rings is 1. The summed E-state index contributed by atoms with van der Waals surface area (Å²) in [6.07, 6.45) is 1.13. The number of anilines is 2. The van der Waals surface area contributed by atoms with Gasteiger partial charge < -0.3 is 16.0 Å². The number of rotatable bonds is 4. The summed E-state index contributed by atoms with van der Waals surface area (Å²) in [5.41, 5.74) is 5.88. The molecule has 0 aliphatic heterocycles. The Labute approximate surface area is 182 Å². The molecule has 0 saturated carbocycles. The number of hydrogen-bond acceptors (Lipinski definition) is 6. The van der Waals surface area contributed by atoms with Crippen LogP contribution in [0.25, 0.3) is 0 Å². The van der Waals surface area contributed by atoms with Gasteiger partial charge in [0, 0.05) is 42.6 Å². The smallest absolute Gasteiger partial charge is 0.368 e. The van der Waals surface area contributed by atoms with E-state index in [1.165, 1.54) is 43.0 Å². The molecule has 2 aromatic heterocycles. The second-order valence-corrected chi connectivity index (χ2v) is 7.10. The van der Waals surface area contributed by atoms with Crippen LogP contribution in [-0.2, 0) is 12.7 Å². The molecule has 3 N–H and O–H groups in total. The van der Waals surface area contributed by atoms with Crippen LogP contribution in [0.5, 0.6) is 0 Å². The van der Waals surface area contributed by atoms with Gasteiger partial charge in [-0.3, -0.25) is 9.78 Å². The molecule has 2 heterocycles. The number of alkyl halides is 3. The van der Waals surface area contributed by atoms with Gasteiger partial charge in [0.05, 0.1) is 16.7 Å². The molecule has 1 aromatic carbocycles. The Hall–Kier alpha value is -3.97. The first-order valence-electron chi connectivity index (χ1n) is 9.32. The summed E-state index contributed by atoms with van der Waals surface area (Å²) in [7, 11) is 3.36. The zero-order chi connectivity index (χ0) is 23.3. The van der Waals surface area contributed by atoms with Crippen molar-refractivity contribution < 1.29 is 18.0 Å². The van der Waals surface area contributed by atoms with E-state index in [9.17, 15) is 18.0 Å². The van der Waals surface area contributed by atoms with Crippen molar-refractivity contribution in [2.24, 2.45) is 0 Å². The van der Waals surface area contributed by atoms with Crippen LogP contribution < -0.4 is 11.1 Å². The van der Waals surface area contributed by atoms with Gasteiger partial charge in [-0.15, -0.1) is 0 Å². The fourth-order valence-electron chi connectivity index (χ4n) is 2.78. The monoisotopic (exact) mass is 440 g/mol. The lowest BCUT2D eigenvalue weighted by Crippen LogP contribution is -2.18. The number of nitrogens with one attached hydrogen (secondary N) is 1. The Morgan fingerprint density at radius 2 is 1.75 bits per heavy atom. The average Bonchev–Trinajstić information content (AvgIpc) is 2.73. The normalized spacial score (nSPS) is 11.1. The van der Waals surface area contributed by atoms with E-state index in [0.29, 0.717) is 11.1 Å². The third-order valence-electron chi connectivity index (χ3n) is 4.18. The number of carbonyl (C=O) groups excluding carboxylic acids is 1. The highest BCUT2D eigenvalue weighted by Gasteiger charge is 2.33. The number of carbonyl (C=O) groups is 1. The molecule has 164 valence electrons. The van der Waals surface area contributed by atoms with Crippen molar-refractivity contribution in [3.63, 3.8) is 0 Å². The van der Waals surface area contributed by atoms with Crippen molar-refractivity contribution in [3.8, 4) is 11.8 Å². The van der Waals surface area contributed by atoms with E-state index in [-0.39, 0.29) is 29.3 Å². The minimum absolute atomic E-state index is 0.0281. The lowest BCUT2D eigenvalue weighted by Gasteiger charge is -2.17. The molecule has 0 radical (unpaired) electrons. The molecule has 0 aliphatic carbocycles. The van der Waals surface area contributed by atoms with E-state index >= 15 is 0 Å². The number of hydrogen-bond donors (Lipinski definition) is 2. The summed E-state index contributed by atoms with van der Waals surface area (Å²) < 4.78 is 40.4. The van der Waals surface area contributed by atoms with Crippen LogP contribution in [0.4, 0.5) is 24.8 Å². The molecule has 3 rings (SSSR count). The van der Waals surface area contributed by atoms with Crippen LogP contribution in [0.2, 0.25) is 0 Å². The first-order chi connectivity index (χ1) is 15.1. The minimum Gasteiger partial charge on any atom is -0.368 e. The average molecular weight is 440 g/mol. The van der Waals surface area contributed by atoms with Crippen molar-refractivity contribution in [1.29, 1.82) is 0 Å². The topological polar surface area (TPSA) is 97.0 Å². The van der Waals surface area contributed by atoms with E-state index in [0.717, 1.165) is 6.07 Å². The molecule has 32 heavy (non-hydrogen) atoms. The van der Waals surface area contributed by atoms with Crippen LogP contribution in [0.1, 0.15) is 32.6 Å². The fourth-order valence-corrected chi connectivity index (χ4v) is 2.78. The van der Waals surface area contributed by atoms with Gasteiger partial charge in [0.15, 0.2) is 0 Å². The highest BCUT2D eigenvalue weighted by atomic mass is 19.4. The summed E-state index contributed by atoms with van der Waals surface area (Å²) in [6.45, 7) is 0.118.